The molecule has 1 aliphatic heterocycles. The third-order valence-corrected chi connectivity index (χ3v) is 3.94. The number of imidazole rings is 1. The van der Waals surface area contributed by atoms with E-state index in [1.165, 1.54) is 25.9 Å². The molecule has 19 heavy (non-hydrogen) atoms. The van der Waals surface area contributed by atoms with E-state index in [9.17, 15) is 0 Å². The molecule has 5 heteroatoms. The molecule has 0 bridgehead atoms. The highest BCUT2D eigenvalue weighted by Crippen LogP contribution is 2.16. The van der Waals surface area contributed by atoms with E-state index in [-0.39, 0.29) is 0 Å². The minimum absolute atomic E-state index is 0.762. The van der Waals surface area contributed by atoms with Gasteiger partial charge in [0.05, 0.1) is 11.9 Å². The Labute approximate surface area is 113 Å². The lowest BCUT2D eigenvalue weighted by atomic mass is 9.97. The minimum atomic E-state index is 0.762. The van der Waals surface area contributed by atoms with Crippen LogP contribution in [0.5, 0.6) is 0 Å². The topological polar surface area (TPSA) is 45.5 Å². The van der Waals surface area contributed by atoms with E-state index in [1.807, 2.05) is 29.8 Å². The van der Waals surface area contributed by atoms with E-state index >= 15 is 0 Å². The molecule has 2 aromatic rings. The lowest BCUT2D eigenvalue weighted by molar-refractivity contribution is 0.226. The third kappa shape index (κ3) is 2.71. The second-order valence-corrected chi connectivity index (χ2v) is 5.52. The molecular weight excluding hydrogens is 238 g/mol. The van der Waals surface area contributed by atoms with Crippen LogP contribution in [-0.4, -0.2) is 46.2 Å². The molecule has 0 atom stereocenters. The van der Waals surface area contributed by atoms with Crippen LogP contribution in [-0.2, 0) is 0 Å². The van der Waals surface area contributed by atoms with Crippen molar-refractivity contribution in [3.63, 3.8) is 0 Å². The number of likely N-dealkylation sites (tertiary alicyclic amines) is 1. The molecule has 1 fully saturated rings. The molecule has 1 aliphatic rings. The van der Waals surface area contributed by atoms with Gasteiger partial charge in [-0.3, -0.25) is 0 Å². The summed E-state index contributed by atoms with van der Waals surface area (Å²) in [6.07, 6.45) is 4.40. The van der Waals surface area contributed by atoms with Crippen molar-refractivity contribution in [3.8, 4) is 0 Å². The highest BCUT2D eigenvalue weighted by Gasteiger charge is 2.16. The fourth-order valence-corrected chi connectivity index (χ4v) is 2.60. The van der Waals surface area contributed by atoms with Gasteiger partial charge in [-0.15, -0.1) is 5.10 Å². The lowest BCUT2D eigenvalue weighted by Gasteiger charge is -2.29. The number of hydrogen-bond donors (Lipinski definition) is 1. The van der Waals surface area contributed by atoms with Crippen molar-refractivity contribution in [2.45, 2.75) is 19.8 Å². The van der Waals surface area contributed by atoms with Gasteiger partial charge < -0.3 is 10.2 Å². The molecule has 0 aliphatic carbocycles. The Morgan fingerprint density at radius 3 is 2.89 bits per heavy atom. The van der Waals surface area contributed by atoms with Crippen LogP contribution < -0.4 is 5.32 Å². The van der Waals surface area contributed by atoms with Crippen molar-refractivity contribution in [1.29, 1.82) is 0 Å². The molecule has 102 valence electrons. The van der Waals surface area contributed by atoms with Crippen molar-refractivity contribution in [3.05, 3.63) is 24.0 Å². The van der Waals surface area contributed by atoms with Gasteiger partial charge in [-0.05, 0) is 58.0 Å². The molecule has 0 unspecified atom stereocenters. The van der Waals surface area contributed by atoms with E-state index in [4.69, 9.17) is 0 Å². The molecule has 1 N–H and O–H groups in total. The molecule has 0 saturated carbocycles. The predicted octanol–water partition coefficient (Wildman–Crippen LogP) is 1.79. The number of nitrogens with zero attached hydrogens (tertiary/aromatic N) is 4. The second-order valence-electron chi connectivity index (χ2n) is 5.52. The van der Waals surface area contributed by atoms with Gasteiger partial charge in [0.1, 0.15) is 5.82 Å². The standard InChI is InChI=1S/C14H21N5/c1-11-9-16-14-4-3-13(17-19(11)14)15-10-12-5-7-18(2)8-6-12/h3-4,9,12H,5-8,10H2,1-2H3,(H,15,17). The molecule has 5 nitrogen and oxygen atoms in total. The number of piperidine rings is 1. The van der Waals surface area contributed by atoms with E-state index in [0.29, 0.717) is 0 Å². The zero-order valence-electron chi connectivity index (χ0n) is 11.6. The Bertz CT molecular complexity index is 554. The summed E-state index contributed by atoms with van der Waals surface area (Å²) in [5, 5.41) is 8.03. The highest BCUT2D eigenvalue weighted by molar-refractivity contribution is 5.45. The molecule has 3 rings (SSSR count). The number of aromatic nitrogens is 3. The molecule has 1 saturated heterocycles. The smallest absolute Gasteiger partial charge is 0.153 e. The summed E-state index contributed by atoms with van der Waals surface area (Å²) in [7, 11) is 2.20. The quantitative estimate of drug-likeness (QED) is 0.913. The van der Waals surface area contributed by atoms with Gasteiger partial charge >= 0.3 is 0 Å². The molecule has 2 aromatic heterocycles. The van der Waals surface area contributed by atoms with Gasteiger partial charge in [0, 0.05) is 6.54 Å². The third-order valence-electron chi connectivity index (χ3n) is 3.94. The maximum Gasteiger partial charge on any atom is 0.153 e. The molecular formula is C14H21N5. The van der Waals surface area contributed by atoms with Crippen LogP contribution in [0, 0.1) is 12.8 Å². The van der Waals surface area contributed by atoms with Crippen LogP contribution in [0.3, 0.4) is 0 Å². The van der Waals surface area contributed by atoms with E-state index in [2.05, 4.69) is 27.3 Å². The first-order valence-electron chi connectivity index (χ1n) is 6.96. The Morgan fingerprint density at radius 1 is 1.32 bits per heavy atom. The van der Waals surface area contributed by atoms with Crippen molar-refractivity contribution in [2.24, 2.45) is 5.92 Å². The van der Waals surface area contributed by atoms with Crippen molar-refractivity contribution in [2.75, 3.05) is 32.0 Å². The Morgan fingerprint density at radius 2 is 2.11 bits per heavy atom. The van der Waals surface area contributed by atoms with Crippen LogP contribution in [0.2, 0.25) is 0 Å². The van der Waals surface area contributed by atoms with Crippen LogP contribution in [0.25, 0.3) is 5.65 Å². The lowest BCUT2D eigenvalue weighted by Crippen LogP contribution is -2.33. The Kier molecular flexibility index (Phi) is 3.38. The fourth-order valence-electron chi connectivity index (χ4n) is 2.60. The number of hydrogen-bond acceptors (Lipinski definition) is 4. The first-order chi connectivity index (χ1) is 9.22. The maximum absolute atomic E-state index is 4.57. The second kappa shape index (κ2) is 5.17. The molecule has 0 aromatic carbocycles. The molecule has 3 heterocycles. The first-order valence-corrected chi connectivity index (χ1v) is 6.96. The van der Waals surface area contributed by atoms with Crippen LogP contribution >= 0.6 is 0 Å². The summed E-state index contributed by atoms with van der Waals surface area (Å²) >= 11 is 0. The average molecular weight is 259 g/mol. The van der Waals surface area contributed by atoms with E-state index in [0.717, 1.165) is 29.6 Å². The first kappa shape index (κ1) is 12.4. The Balaban J connectivity index is 1.63. The average Bonchev–Trinajstić information content (AvgIpc) is 2.80. The summed E-state index contributed by atoms with van der Waals surface area (Å²) in [5.41, 5.74) is 1.97. The maximum atomic E-state index is 4.57. The van der Waals surface area contributed by atoms with Gasteiger partial charge in [-0.25, -0.2) is 9.50 Å². The molecule has 0 amide bonds. The SMILES string of the molecule is Cc1cnc2ccc(NCC3CCN(C)CC3)nn12. The summed E-state index contributed by atoms with van der Waals surface area (Å²) < 4.78 is 1.89. The number of anilines is 1. The van der Waals surface area contributed by atoms with Gasteiger partial charge in [0.25, 0.3) is 0 Å². The molecule has 0 spiro atoms. The van der Waals surface area contributed by atoms with Crippen molar-refractivity contribution in [1.82, 2.24) is 19.5 Å². The number of fused-ring (bicyclic) bond motifs is 1. The van der Waals surface area contributed by atoms with Crippen LogP contribution in [0.1, 0.15) is 18.5 Å². The van der Waals surface area contributed by atoms with E-state index < -0.39 is 0 Å². The number of rotatable bonds is 3. The zero-order chi connectivity index (χ0) is 13.2. The van der Waals surface area contributed by atoms with Crippen molar-refractivity contribution >= 4 is 11.5 Å². The van der Waals surface area contributed by atoms with E-state index in [1.54, 1.807) is 0 Å². The zero-order valence-corrected chi connectivity index (χ0v) is 11.6. The normalized spacial score (nSPS) is 18.0. The van der Waals surface area contributed by atoms with Gasteiger partial charge in [0.2, 0.25) is 0 Å². The predicted molar refractivity (Wildman–Crippen MR) is 76.4 cm³/mol. The Hall–Kier alpha value is -1.62. The minimum Gasteiger partial charge on any atom is -0.368 e. The van der Waals surface area contributed by atoms with Gasteiger partial charge in [-0.2, -0.15) is 0 Å². The van der Waals surface area contributed by atoms with Gasteiger partial charge in [-0.1, -0.05) is 0 Å². The number of nitrogens with one attached hydrogen (secondary N) is 1. The van der Waals surface area contributed by atoms with Crippen LogP contribution in [0.4, 0.5) is 5.82 Å². The van der Waals surface area contributed by atoms with Gasteiger partial charge in [0.15, 0.2) is 5.65 Å². The van der Waals surface area contributed by atoms with Crippen molar-refractivity contribution < 1.29 is 0 Å². The fraction of sp³-hybridized carbons (Fsp3) is 0.571. The highest BCUT2D eigenvalue weighted by atomic mass is 15.3. The molecule has 0 radical (unpaired) electrons. The number of aryl methyl sites for hydroxylation is 1. The van der Waals surface area contributed by atoms with Crippen LogP contribution in [0.15, 0.2) is 18.3 Å². The summed E-state index contributed by atoms with van der Waals surface area (Å²) in [4.78, 5) is 6.68. The summed E-state index contributed by atoms with van der Waals surface area (Å²) in [6, 6.07) is 4.02. The summed E-state index contributed by atoms with van der Waals surface area (Å²) in [6.45, 7) is 5.45. The summed E-state index contributed by atoms with van der Waals surface area (Å²) in [5.74, 6) is 1.70. The largest absolute Gasteiger partial charge is 0.368 e. The monoisotopic (exact) mass is 259 g/mol.